The maximum absolute atomic E-state index is 14.6. The molecule has 3 aromatic heterocycles. The predicted octanol–water partition coefficient (Wildman–Crippen LogP) is 12.6. The molecule has 0 radical (unpaired) electrons. The number of ketones is 1. The zero-order valence-electron chi connectivity index (χ0n) is 49.6. The van der Waals surface area contributed by atoms with Crippen molar-refractivity contribution in [1.82, 2.24) is 39.8 Å². The van der Waals surface area contributed by atoms with E-state index in [0.717, 1.165) is 119 Å². The van der Waals surface area contributed by atoms with Crippen molar-refractivity contribution in [3.05, 3.63) is 93.8 Å². The van der Waals surface area contributed by atoms with Gasteiger partial charge in [-0.2, -0.15) is 18.3 Å². The number of hydrogen-bond donors (Lipinski definition) is 3. The van der Waals surface area contributed by atoms with Crippen molar-refractivity contribution in [2.24, 2.45) is 28.6 Å². The minimum atomic E-state index is -4.67. The van der Waals surface area contributed by atoms with Crippen molar-refractivity contribution < 1.29 is 51.7 Å². The van der Waals surface area contributed by atoms with E-state index in [-0.39, 0.29) is 47.3 Å². The lowest BCUT2D eigenvalue weighted by Gasteiger charge is -2.53. The third kappa shape index (κ3) is 14.8. The molecular formula is C64H82F3N9O8S. The number of likely N-dealkylation sites (tertiary alicyclic amines) is 2. The molecule has 85 heavy (non-hydrogen) atoms. The number of fused-ring (bicyclic) bond motifs is 1. The Labute approximate surface area is 499 Å². The van der Waals surface area contributed by atoms with Crippen molar-refractivity contribution in [3.63, 3.8) is 0 Å². The molecule has 4 amide bonds. The molecule has 3 aliphatic carbocycles. The summed E-state index contributed by atoms with van der Waals surface area (Å²) < 4.78 is 53.6. The normalized spacial score (nSPS) is 21.3. The fraction of sp³-hybridized carbons (Fsp3) is 0.594. The summed E-state index contributed by atoms with van der Waals surface area (Å²) in [4.78, 5) is 81.6. The number of alkyl halides is 3. The number of nitrogens with zero attached hydrogens (tertiary/aromatic N) is 7. The van der Waals surface area contributed by atoms with E-state index >= 15 is 0 Å². The second-order valence-electron chi connectivity index (χ2n) is 26.0. The predicted molar refractivity (Wildman–Crippen MR) is 318 cm³/mol. The van der Waals surface area contributed by atoms with Crippen LogP contribution >= 0.6 is 11.3 Å². The maximum atomic E-state index is 14.6. The monoisotopic (exact) mass is 1190 g/mol. The van der Waals surface area contributed by atoms with E-state index in [1.54, 1.807) is 36.6 Å². The van der Waals surface area contributed by atoms with Crippen LogP contribution in [0.2, 0.25) is 0 Å². The number of carbonyl (C=O) groups excluding carboxylic acids is 4. The number of pyridine rings is 1. The first-order valence-electron chi connectivity index (χ1n) is 30.6. The Hall–Kier alpha value is -6.61. The molecule has 2 unspecified atom stereocenters. The van der Waals surface area contributed by atoms with Gasteiger partial charge in [0.05, 0.1) is 37.0 Å². The number of carboxylic acid groups (broad SMARTS) is 1. The van der Waals surface area contributed by atoms with Crippen molar-refractivity contribution in [2.45, 2.75) is 167 Å². The minimum absolute atomic E-state index is 0.0621. The Bertz CT molecular complexity index is 3190. The van der Waals surface area contributed by atoms with Gasteiger partial charge in [-0.1, -0.05) is 58.2 Å². The van der Waals surface area contributed by atoms with Gasteiger partial charge in [0, 0.05) is 48.2 Å². The van der Waals surface area contributed by atoms with E-state index in [2.05, 4.69) is 20.5 Å². The van der Waals surface area contributed by atoms with Gasteiger partial charge in [0.25, 0.3) is 5.91 Å². The highest BCUT2D eigenvalue weighted by Crippen LogP contribution is 2.54. The van der Waals surface area contributed by atoms with Gasteiger partial charge < -0.3 is 35.0 Å². The molecule has 0 bridgehead atoms. The standard InChI is InChI=1S/C64H82F3N9O8S/c1-40(75(61(81)82)39-62(2,3)4)57(78)71-55(43-14-7-6-8-15-43)60(80)74-27-11-19-52(74)59-70-51(38-85-59)56(77)44-16-9-17-47(31-44)84-30-12-13-42-34-63(35-42)25-28-73(29-26-63)36-41-21-23-46(24-22-41)76-37-45-32-50(53(83-5)33-49(45)72-76)69-58(79)48-18-10-20-54(68-48)64(65,66)67/h9-10,16-18,20,31-33,37-38,40-43,46,52,55H,6-8,11-15,19,21-30,34-36,39H2,1-5H3,(H,69,79)(H,71,78)(H,81,82)/t40?,41?,46?,52-,55?/m0/s1. The van der Waals surface area contributed by atoms with Crippen molar-refractivity contribution in [2.75, 3.05) is 51.8 Å². The number of hydrogen-bond acceptors (Lipinski definition) is 12. The van der Waals surface area contributed by atoms with Gasteiger partial charge in [0.1, 0.15) is 45.7 Å². The molecule has 2 saturated heterocycles. The first kappa shape index (κ1) is 61.5. The van der Waals surface area contributed by atoms with Crippen molar-refractivity contribution in [1.29, 1.82) is 0 Å². The summed E-state index contributed by atoms with van der Waals surface area (Å²) in [7, 11) is 1.47. The van der Waals surface area contributed by atoms with E-state index in [1.165, 1.54) is 50.2 Å². The number of amides is 4. The molecule has 5 heterocycles. The number of ether oxygens (including phenoxy) is 2. The molecule has 3 N–H and O–H groups in total. The lowest BCUT2D eigenvalue weighted by atomic mass is 9.56. The topological polar surface area (TPSA) is 201 Å². The van der Waals surface area contributed by atoms with E-state index in [0.29, 0.717) is 75.8 Å². The molecule has 5 fully saturated rings. The molecule has 5 aliphatic rings. The molecule has 5 aromatic rings. The first-order valence-corrected chi connectivity index (χ1v) is 31.5. The van der Waals surface area contributed by atoms with Gasteiger partial charge in [-0.05, 0) is 169 Å². The van der Waals surface area contributed by atoms with Crippen LogP contribution in [0.4, 0.5) is 23.7 Å². The zero-order chi connectivity index (χ0) is 60.2. The largest absolute Gasteiger partial charge is 0.494 e. The Morgan fingerprint density at radius 1 is 0.871 bits per heavy atom. The van der Waals surface area contributed by atoms with E-state index in [9.17, 15) is 42.3 Å². The van der Waals surface area contributed by atoms with E-state index in [1.807, 2.05) is 48.7 Å². The number of anilines is 1. The van der Waals surface area contributed by atoms with Gasteiger partial charge in [-0.25, -0.2) is 14.8 Å². The molecule has 10 rings (SSSR count). The number of thiazole rings is 1. The lowest BCUT2D eigenvalue weighted by Crippen LogP contribution is -2.57. The van der Waals surface area contributed by atoms with Gasteiger partial charge in [-0.3, -0.25) is 28.8 Å². The third-order valence-electron chi connectivity index (χ3n) is 18.6. The number of methoxy groups -OCH3 is 1. The number of nitrogens with one attached hydrogen (secondary N) is 2. The highest BCUT2D eigenvalue weighted by Gasteiger charge is 2.46. The number of piperidine rings is 1. The average Bonchev–Trinajstić information content (AvgIpc) is 3.22. The smallest absolute Gasteiger partial charge is 0.433 e. The third-order valence-corrected chi connectivity index (χ3v) is 19.5. The van der Waals surface area contributed by atoms with Crippen molar-refractivity contribution in [3.8, 4) is 11.5 Å². The summed E-state index contributed by atoms with van der Waals surface area (Å²) >= 11 is 1.37. The number of benzene rings is 2. The van der Waals surface area contributed by atoms with Crippen LogP contribution in [0.25, 0.3) is 10.9 Å². The summed E-state index contributed by atoms with van der Waals surface area (Å²) in [6.45, 7) is 12.0. The number of halogens is 3. The number of rotatable bonds is 20. The van der Waals surface area contributed by atoms with Crippen LogP contribution in [0.1, 0.15) is 186 Å². The molecule has 3 saturated carbocycles. The fourth-order valence-corrected chi connectivity index (χ4v) is 14.9. The molecule has 3 atom stereocenters. The van der Waals surface area contributed by atoms with Crippen LogP contribution in [-0.4, -0.2) is 128 Å². The maximum Gasteiger partial charge on any atom is 0.433 e. The fourth-order valence-electron chi connectivity index (χ4n) is 14.0. The summed E-state index contributed by atoms with van der Waals surface area (Å²) in [5.74, 6) is 0.617. The summed E-state index contributed by atoms with van der Waals surface area (Å²) in [6, 6.07) is 12.1. The highest BCUT2D eigenvalue weighted by atomic mass is 32.1. The second-order valence-corrected chi connectivity index (χ2v) is 26.9. The Morgan fingerprint density at radius 3 is 2.32 bits per heavy atom. The molecule has 2 aliphatic heterocycles. The molecule has 458 valence electrons. The summed E-state index contributed by atoms with van der Waals surface area (Å²) in [6.07, 6.45) is 13.5. The van der Waals surface area contributed by atoms with Gasteiger partial charge in [0.15, 0.2) is 0 Å². The SMILES string of the molecule is COc1cc2nn(C3CCC(CN4CCC5(CC4)CC(CCCOc4cccc(C(=O)c6csc([C@@H]7CCCN7C(=O)C(NC(=O)C(C)N(CC(C)(C)C)C(=O)O)C7CCCCC7)n6)c4)C5)CC3)cc2cc1NC(=O)c1cccc(C(F)(F)F)n1. The summed E-state index contributed by atoms with van der Waals surface area (Å²) in [5, 5.41) is 23.9. The molecular weight excluding hydrogens is 1110 g/mol. The van der Waals surface area contributed by atoms with Crippen LogP contribution in [0.3, 0.4) is 0 Å². The molecule has 17 nitrogen and oxygen atoms in total. The van der Waals surface area contributed by atoms with Crippen LogP contribution in [-0.2, 0) is 15.8 Å². The van der Waals surface area contributed by atoms with Gasteiger partial charge in [-0.15, -0.1) is 11.3 Å². The van der Waals surface area contributed by atoms with Crippen LogP contribution in [0.5, 0.6) is 11.5 Å². The van der Waals surface area contributed by atoms with Crippen LogP contribution < -0.4 is 20.1 Å². The van der Waals surface area contributed by atoms with Gasteiger partial charge in [0.2, 0.25) is 17.6 Å². The van der Waals surface area contributed by atoms with E-state index < -0.39 is 41.9 Å². The highest BCUT2D eigenvalue weighted by molar-refractivity contribution is 7.10. The minimum Gasteiger partial charge on any atom is -0.494 e. The Balaban J connectivity index is 0.642. The number of aromatic nitrogens is 4. The lowest BCUT2D eigenvalue weighted by molar-refractivity contribution is -0.141. The molecule has 21 heteroatoms. The molecule has 1 spiro atoms. The molecule has 2 aromatic carbocycles. The zero-order valence-corrected chi connectivity index (χ0v) is 50.4. The van der Waals surface area contributed by atoms with E-state index in [4.69, 9.17) is 19.6 Å². The quantitative estimate of drug-likeness (QED) is 0.0492. The van der Waals surface area contributed by atoms with Gasteiger partial charge >= 0.3 is 12.3 Å². The Kier molecular flexibility index (Phi) is 18.9. The average molecular weight is 1190 g/mol. The Morgan fingerprint density at radius 2 is 1.61 bits per heavy atom. The number of carbonyl (C=O) groups is 5. The van der Waals surface area contributed by atoms with Crippen LogP contribution in [0.15, 0.2) is 66.2 Å². The van der Waals surface area contributed by atoms with Crippen LogP contribution in [0, 0.1) is 28.6 Å². The second kappa shape index (κ2) is 26.2. The summed E-state index contributed by atoms with van der Waals surface area (Å²) in [5.41, 5.74) is 0.424. The first-order chi connectivity index (χ1) is 40.6. The van der Waals surface area contributed by atoms with Crippen molar-refractivity contribution >= 4 is 57.5 Å².